The van der Waals surface area contributed by atoms with E-state index < -0.39 is 0 Å². The van der Waals surface area contributed by atoms with Gasteiger partial charge in [-0.05, 0) is 49.9 Å². The lowest BCUT2D eigenvalue weighted by Gasteiger charge is -2.26. The average Bonchev–Trinajstić information content (AvgIpc) is 3.44. The quantitative estimate of drug-likeness (QED) is 0.480. The maximum atomic E-state index is 10.5. The molecule has 5 nitrogen and oxygen atoms in total. The van der Waals surface area contributed by atoms with Crippen LogP contribution in [-0.4, -0.2) is 73.4 Å². The number of fused-ring (bicyclic) bond motifs is 1. The summed E-state index contributed by atoms with van der Waals surface area (Å²) in [6.45, 7) is 6.17. The van der Waals surface area contributed by atoms with Gasteiger partial charge in [-0.1, -0.05) is 36.6 Å². The molecule has 3 aliphatic carbocycles. The van der Waals surface area contributed by atoms with Crippen molar-refractivity contribution in [3.8, 4) is 0 Å². The van der Waals surface area contributed by atoms with E-state index in [4.69, 9.17) is 9.47 Å². The number of nitrogens with zero attached hydrogens (tertiary/aromatic N) is 1. The van der Waals surface area contributed by atoms with Gasteiger partial charge in [-0.15, -0.1) is 0 Å². The van der Waals surface area contributed by atoms with E-state index in [-0.39, 0.29) is 18.1 Å². The van der Waals surface area contributed by atoms with Gasteiger partial charge in [0.15, 0.2) is 0 Å². The molecule has 0 amide bonds. The first-order chi connectivity index (χ1) is 14.2. The van der Waals surface area contributed by atoms with Crippen molar-refractivity contribution in [2.45, 2.75) is 57.2 Å². The van der Waals surface area contributed by atoms with Gasteiger partial charge in [0.1, 0.15) is 0 Å². The second-order valence-corrected chi connectivity index (χ2v) is 9.52. The van der Waals surface area contributed by atoms with E-state index in [1.165, 1.54) is 18.4 Å². The highest BCUT2D eigenvalue weighted by Gasteiger charge is 2.45. The molecule has 4 aliphatic rings. The summed E-state index contributed by atoms with van der Waals surface area (Å²) in [5.74, 6) is 1.73. The van der Waals surface area contributed by atoms with Gasteiger partial charge >= 0.3 is 0 Å². The lowest BCUT2D eigenvalue weighted by molar-refractivity contribution is 0.0233. The van der Waals surface area contributed by atoms with Crippen LogP contribution in [0.15, 0.2) is 23.8 Å². The zero-order valence-electron chi connectivity index (χ0n) is 17.8. The van der Waals surface area contributed by atoms with Crippen LogP contribution in [-0.2, 0) is 9.47 Å². The third-order valence-electron chi connectivity index (χ3n) is 7.67. The minimum Gasteiger partial charge on any atom is -0.392 e. The minimum atomic E-state index is -0.333. The third-order valence-corrected chi connectivity index (χ3v) is 7.67. The van der Waals surface area contributed by atoms with Crippen LogP contribution >= 0.6 is 0 Å². The van der Waals surface area contributed by atoms with Crippen LogP contribution in [0.5, 0.6) is 0 Å². The fourth-order valence-electron chi connectivity index (χ4n) is 5.92. The number of aliphatic hydroxyl groups is 2. The lowest BCUT2D eigenvalue weighted by Crippen LogP contribution is -2.38. The summed E-state index contributed by atoms with van der Waals surface area (Å²) in [5, 5.41) is 21.0. The molecule has 0 spiro atoms. The predicted octanol–water partition coefficient (Wildman–Crippen LogP) is 2.78. The molecule has 0 radical (unpaired) electrons. The van der Waals surface area contributed by atoms with Crippen LogP contribution in [0.3, 0.4) is 0 Å². The highest BCUT2D eigenvalue weighted by molar-refractivity contribution is 5.18. The summed E-state index contributed by atoms with van der Waals surface area (Å²) < 4.78 is 11.2. The number of ether oxygens (including phenoxy) is 2. The molecule has 0 bridgehead atoms. The molecule has 0 aromatic rings. The molecular formula is C24H39NO4. The summed E-state index contributed by atoms with van der Waals surface area (Å²) in [5.41, 5.74) is 1.49. The largest absolute Gasteiger partial charge is 0.392 e. The summed E-state index contributed by atoms with van der Waals surface area (Å²) >= 11 is 0. The van der Waals surface area contributed by atoms with Crippen molar-refractivity contribution < 1.29 is 19.7 Å². The van der Waals surface area contributed by atoms with E-state index in [1.807, 2.05) is 6.08 Å². The predicted molar refractivity (Wildman–Crippen MR) is 114 cm³/mol. The Hall–Kier alpha value is -0.720. The first-order valence-corrected chi connectivity index (χ1v) is 11.8. The second kappa shape index (κ2) is 10.5. The first kappa shape index (κ1) is 21.5. The molecule has 1 heterocycles. The van der Waals surface area contributed by atoms with E-state index in [0.29, 0.717) is 24.4 Å². The molecule has 0 aromatic heterocycles. The number of allylic oxidation sites excluding steroid dienone is 1. The Labute approximate surface area is 175 Å². The topological polar surface area (TPSA) is 62.2 Å². The highest BCUT2D eigenvalue weighted by Crippen LogP contribution is 2.50. The Morgan fingerprint density at radius 2 is 1.97 bits per heavy atom. The van der Waals surface area contributed by atoms with E-state index in [0.717, 1.165) is 71.6 Å². The number of aliphatic hydroxyl groups excluding tert-OH is 2. The molecule has 0 aromatic carbocycles. The van der Waals surface area contributed by atoms with Crippen LogP contribution in [0.4, 0.5) is 0 Å². The van der Waals surface area contributed by atoms with E-state index >= 15 is 0 Å². The van der Waals surface area contributed by atoms with Gasteiger partial charge in [0.2, 0.25) is 0 Å². The highest BCUT2D eigenvalue weighted by atomic mass is 16.5. The molecule has 4 rings (SSSR count). The molecular weight excluding hydrogens is 366 g/mol. The maximum absolute atomic E-state index is 10.5. The van der Waals surface area contributed by atoms with E-state index in [2.05, 4.69) is 17.1 Å². The van der Waals surface area contributed by atoms with Crippen molar-refractivity contribution in [3.05, 3.63) is 23.8 Å². The van der Waals surface area contributed by atoms with Gasteiger partial charge in [0.25, 0.3) is 0 Å². The number of hydrogen-bond donors (Lipinski definition) is 2. The zero-order valence-corrected chi connectivity index (χ0v) is 17.8. The smallest absolute Gasteiger partial charge is 0.0749 e. The number of hydrogen-bond acceptors (Lipinski definition) is 5. The molecule has 5 atom stereocenters. The molecule has 4 fully saturated rings. The summed E-state index contributed by atoms with van der Waals surface area (Å²) in [6.07, 6.45) is 13.7. The zero-order chi connectivity index (χ0) is 20.1. The van der Waals surface area contributed by atoms with Gasteiger partial charge < -0.3 is 19.7 Å². The van der Waals surface area contributed by atoms with Crippen molar-refractivity contribution in [2.75, 3.05) is 46.1 Å². The number of rotatable bonds is 8. The van der Waals surface area contributed by atoms with Crippen molar-refractivity contribution in [1.82, 2.24) is 4.90 Å². The Morgan fingerprint density at radius 1 is 1.17 bits per heavy atom. The molecule has 164 valence electrons. The SMILES string of the molecule is O[C@H](/C=C/[C@@H]1[C@H]2C/C(=C/COCCN3CCOCC3)C[C@H]2C[C@H]1O)C1CCCC1. The fraction of sp³-hybridized carbons (Fsp3) is 0.833. The van der Waals surface area contributed by atoms with Gasteiger partial charge in [0, 0.05) is 25.6 Å². The molecule has 0 unspecified atom stereocenters. The summed E-state index contributed by atoms with van der Waals surface area (Å²) in [6, 6.07) is 0. The third kappa shape index (κ3) is 5.71. The summed E-state index contributed by atoms with van der Waals surface area (Å²) in [4.78, 5) is 2.40. The molecule has 29 heavy (non-hydrogen) atoms. The second-order valence-electron chi connectivity index (χ2n) is 9.52. The van der Waals surface area contributed by atoms with Gasteiger partial charge in [0.05, 0.1) is 38.6 Å². The molecule has 3 saturated carbocycles. The average molecular weight is 406 g/mol. The van der Waals surface area contributed by atoms with Crippen LogP contribution in [0.25, 0.3) is 0 Å². The van der Waals surface area contributed by atoms with Crippen molar-refractivity contribution in [2.24, 2.45) is 23.7 Å². The molecule has 1 aliphatic heterocycles. The van der Waals surface area contributed by atoms with Gasteiger partial charge in [-0.25, -0.2) is 0 Å². The van der Waals surface area contributed by atoms with Crippen LogP contribution < -0.4 is 0 Å². The fourth-order valence-corrected chi connectivity index (χ4v) is 5.92. The van der Waals surface area contributed by atoms with E-state index in [9.17, 15) is 10.2 Å². The normalized spacial score (nSPS) is 36.4. The standard InChI is InChI=1S/C24H39NO4/c26-23(19-3-1-2-4-19)6-5-21-22-16-18(15-20(22)17-24(21)27)7-11-28-12-8-25-9-13-29-14-10-25/h5-7,19-24,26-27H,1-4,8-17H2/b6-5+,18-7+/t20-,21+,22-,23+,24+/m0/s1. The molecule has 5 heteroatoms. The minimum absolute atomic E-state index is 0.198. The van der Waals surface area contributed by atoms with E-state index in [1.54, 1.807) is 0 Å². The molecule has 2 N–H and O–H groups in total. The van der Waals surface area contributed by atoms with Crippen LogP contribution in [0.1, 0.15) is 44.9 Å². The van der Waals surface area contributed by atoms with Crippen molar-refractivity contribution in [3.63, 3.8) is 0 Å². The Morgan fingerprint density at radius 3 is 2.76 bits per heavy atom. The maximum Gasteiger partial charge on any atom is 0.0749 e. The lowest BCUT2D eigenvalue weighted by atomic mass is 9.89. The van der Waals surface area contributed by atoms with Crippen LogP contribution in [0.2, 0.25) is 0 Å². The first-order valence-electron chi connectivity index (χ1n) is 11.8. The van der Waals surface area contributed by atoms with Crippen molar-refractivity contribution in [1.29, 1.82) is 0 Å². The van der Waals surface area contributed by atoms with Crippen molar-refractivity contribution >= 4 is 0 Å². The Bertz CT molecular complexity index is 565. The Kier molecular flexibility index (Phi) is 7.82. The Balaban J connectivity index is 1.20. The monoisotopic (exact) mass is 405 g/mol. The number of morpholine rings is 1. The summed E-state index contributed by atoms with van der Waals surface area (Å²) in [7, 11) is 0. The van der Waals surface area contributed by atoms with Crippen LogP contribution in [0, 0.1) is 23.7 Å². The molecule has 1 saturated heterocycles. The van der Waals surface area contributed by atoms with Gasteiger partial charge in [-0.3, -0.25) is 4.90 Å². The van der Waals surface area contributed by atoms with Gasteiger partial charge in [-0.2, -0.15) is 0 Å².